The molecule has 0 saturated heterocycles. The first-order chi connectivity index (χ1) is 18.7. The summed E-state index contributed by atoms with van der Waals surface area (Å²) in [5.41, 5.74) is 12.7. The van der Waals surface area contributed by atoms with E-state index in [1.807, 2.05) is 0 Å². The van der Waals surface area contributed by atoms with Crippen molar-refractivity contribution in [3.63, 3.8) is 0 Å². The monoisotopic (exact) mass is 520 g/mol. The summed E-state index contributed by atoms with van der Waals surface area (Å²) in [6, 6.07) is 31.0. The molecule has 0 amide bonds. The van der Waals surface area contributed by atoms with Crippen LogP contribution in [0.3, 0.4) is 0 Å². The van der Waals surface area contributed by atoms with Gasteiger partial charge in [-0.15, -0.1) is 0 Å². The molecule has 0 spiro atoms. The highest BCUT2D eigenvalue weighted by molar-refractivity contribution is 6.26. The Kier molecular flexibility index (Phi) is 5.05. The third-order valence-corrected chi connectivity index (χ3v) is 9.64. The molecule has 7 rings (SSSR count). The molecule has 200 valence electrons. The zero-order valence-corrected chi connectivity index (χ0v) is 25.5. The van der Waals surface area contributed by atoms with Crippen LogP contribution in [0.4, 0.5) is 0 Å². The Bertz CT molecular complexity index is 1960. The summed E-state index contributed by atoms with van der Waals surface area (Å²) in [5, 5.41) is 8.21. The van der Waals surface area contributed by atoms with Crippen LogP contribution in [-0.2, 0) is 16.2 Å². The molecule has 0 heterocycles. The smallest absolute Gasteiger partial charge is 0.0159 e. The van der Waals surface area contributed by atoms with Crippen LogP contribution < -0.4 is 0 Å². The van der Waals surface area contributed by atoms with Gasteiger partial charge in [-0.3, -0.25) is 0 Å². The molecule has 0 bridgehead atoms. The Morgan fingerprint density at radius 3 is 1.70 bits per heavy atom. The second-order valence-corrected chi connectivity index (χ2v) is 14.8. The van der Waals surface area contributed by atoms with Crippen molar-refractivity contribution < 1.29 is 0 Å². The Balaban J connectivity index is 1.46. The minimum atomic E-state index is -0.0376. The number of fused-ring (bicyclic) bond motifs is 3. The number of hydrogen-bond acceptors (Lipinski definition) is 0. The summed E-state index contributed by atoms with van der Waals surface area (Å²) in [5.74, 6) is 0. The lowest BCUT2D eigenvalue weighted by Gasteiger charge is -2.25. The lowest BCUT2D eigenvalue weighted by molar-refractivity contribution is 0.584. The number of benzene rings is 6. The van der Waals surface area contributed by atoms with Crippen molar-refractivity contribution in [1.29, 1.82) is 0 Å². The molecule has 0 aromatic heterocycles. The van der Waals surface area contributed by atoms with E-state index in [4.69, 9.17) is 0 Å². The number of hydrogen-bond donors (Lipinski definition) is 0. The molecule has 6 aromatic rings. The first kappa shape index (κ1) is 25.3. The SMILES string of the molecule is Cc1cc(-c2ccc3c(c2)C(C)(C)c2cc(C(C)(C)C)ccc2-3)c2ccc3cc(C(C)(C)C)cc4ccc1c2c43. The van der Waals surface area contributed by atoms with Gasteiger partial charge in [-0.25, -0.2) is 0 Å². The van der Waals surface area contributed by atoms with E-state index in [2.05, 4.69) is 141 Å². The Morgan fingerprint density at radius 2 is 1.07 bits per heavy atom. The van der Waals surface area contributed by atoms with Crippen molar-refractivity contribution >= 4 is 32.3 Å². The highest BCUT2D eigenvalue weighted by atomic mass is 14.4. The van der Waals surface area contributed by atoms with Crippen LogP contribution in [0.1, 0.15) is 83.2 Å². The van der Waals surface area contributed by atoms with E-state index >= 15 is 0 Å². The van der Waals surface area contributed by atoms with Gasteiger partial charge < -0.3 is 0 Å². The molecule has 40 heavy (non-hydrogen) atoms. The van der Waals surface area contributed by atoms with Crippen LogP contribution in [-0.4, -0.2) is 0 Å². The van der Waals surface area contributed by atoms with Gasteiger partial charge in [0, 0.05) is 5.41 Å². The standard InChI is InChI=1S/C40H40/c1-23-18-33(32-16-12-26-20-28(39(5,6)7)19-25-11-14-29(23)37(32)36(25)26)24-10-15-30-31-17-13-27(38(2,3)4)22-35(31)40(8,9)34(30)21-24/h10-22H,1-9H3. The van der Waals surface area contributed by atoms with Gasteiger partial charge in [0.2, 0.25) is 0 Å². The van der Waals surface area contributed by atoms with Gasteiger partial charge in [0.25, 0.3) is 0 Å². The molecule has 0 aliphatic heterocycles. The van der Waals surface area contributed by atoms with Crippen LogP contribution >= 0.6 is 0 Å². The van der Waals surface area contributed by atoms with Crippen molar-refractivity contribution in [2.24, 2.45) is 0 Å². The molecular weight excluding hydrogens is 480 g/mol. The van der Waals surface area contributed by atoms with Gasteiger partial charge >= 0.3 is 0 Å². The quantitative estimate of drug-likeness (QED) is 0.189. The third-order valence-electron chi connectivity index (χ3n) is 9.64. The minimum absolute atomic E-state index is 0.0376. The molecule has 0 unspecified atom stereocenters. The molecular formula is C40H40. The fourth-order valence-electron chi connectivity index (χ4n) is 7.14. The lowest BCUT2D eigenvalue weighted by atomic mass is 9.78. The highest BCUT2D eigenvalue weighted by Crippen LogP contribution is 2.51. The average Bonchev–Trinajstić information content (AvgIpc) is 3.12. The Morgan fingerprint density at radius 1 is 0.500 bits per heavy atom. The molecule has 0 radical (unpaired) electrons. The van der Waals surface area contributed by atoms with Crippen molar-refractivity contribution in [3.05, 3.63) is 107 Å². The maximum Gasteiger partial charge on any atom is 0.0159 e. The van der Waals surface area contributed by atoms with E-state index in [0.29, 0.717) is 0 Å². The summed E-state index contributed by atoms with van der Waals surface area (Å²) in [4.78, 5) is 0. The molecule has 0 fully saturated rings. The predicted molar refractivity (Wildman–Crippen MR) is 175 cm³/mol. The summed E-state index contributed by atoms with van der Waals surface area (Å²) in [7, 11) is 0. The lowest BCUT2D eigenvalue weighted by Crippen LogP contribution is -2.17. The van der Waals surface area contributed by atoms with Crippen LogP contribution in [0.5, 0.6) is 0 Å². The van der Waals surface area contributed by atoms with Gasteiger partial charge in [-0.05, 0) is 106 Å². The molecule has 6 aromatic carbocycles. The van der Waals surface area contributed by atoms with Crippen molar-refractivity contribution in [1.82, 2.24) is 0 Å². The van der Waals surface area contributed by atoms with E-state index < -0.39 is 0 Å². The summed E-state index contributed by atoms with van der Waals surface area (Å²) in [6.07, 6.45) is 0. The van der Waals surface area contributed by atoms with Crippen LogP contribution in [0.15, 0.2) is 78.9 Å². The van der Waals surface area contributed by atoms with Crippen LogP contribution in [0.2, 0.25) is 0 Å². The maximum absolute atomic E-state index is 2.48. The summed E-state index contributed by atoms with van der Waals surface area (Å²) in [6.45, 7) is 20.9. The highest BCUT2D eigenvalue weighted by Gasteiger charge is 2.36. The zero-order valence-electron chi connectivity index (χ0n) is 25.5. The van der Waals surface area contributed by atoms with Crippen molar-refractivity contribution in [2.75, 3.05) is 0 Å². The fraction of sp³-hybridized carbons (Fsp3) is 0.300. The molecule has 0 heteroatoms. The van der Waals surface area contributed by atoms with Gasteiger partial charge in [-0.1, -0.05) is 128 Å². The van der Waals surface area contributed by atoms with Gasteiger partial charge in [-0.2, -0.15) is 0 Å². The summed E-state index contributed by atoms with van der Waals surface area (Å²) >= 11 is 0. The second kappa shape index (κ2) is 7.97. The molecule has 0 saturated carbocycles. The maximum atomic E-state index is 2.48. The normalized spacial score (nSPS) is 14.8. The van der Waals surface area contributed by atoms with Gasteiger partial charge in [0.1, 0.15) is 0 Å². The van der Waals surface area contributed by atoms with Crippen LogP contribution in [0, 0.1) is 6.92 Å². The zero-order chi connectivity index (χ0) is 28.4. The fourth-order valence-corrected chi connectivity index (χ4v) is 7.14. The molecule has 1 aliphatic carbocycles. The first-order valence-electron chi connectivity index (χ1n) is 14.8. The molecule has 0 N–H and O–H groups in total. The van der Waals surface area contributed by atoms with Gasteiger partial charge in [0.05, 0.1) is 0 Å². The van der Waals surface area contributed by atoms with E-state index in [-0.39, 0.29) is 16.2 Å². The van der Waals surface area contributed by atoms with Gasteiger partial charge in [0.15, 0.2) is 0 Å². The van der Waals surface area contributed by atoms with E-state index in [1.54, 1.807) is 0 Å². The third kappa shape index (κ3) is 3.51. The predicted octanol–water partition coefficient (Wildman–Crippen LogP) is 11.5. The second-order valence-electron chi connectivity index (χ2n) is 14.8. The molecule has 1 aliphatic rings. The van der Waals surface area contributed by atoms with Crippen molar-refractivity contribution in [2.45, 2.75) is 78.6 Å². The average molecular weight is 521 g/mol. The Labute approximate surface area is 239 Å². The minimum Gasteiger partial charge on any atom is -0.0579 e. The Hall–Kier alpha value is -3.64. The van der Waals surface area contributed by atoms with E-state index in [0.717, 1.165) is 0 Å². The number of rotatable bonds is 1. The topological polar surface area (TPSA) is 0 Å². The van der Waals surface area contributed by atoms with E-state index in [1.165, 1.54) is 82.4 Å². The number of aryl methyl sites for hydroxylation is 1. The van der Waals surface area contributed by atoms with Crippen molar-refractivity contribution in [3.8, 4) is 22.3 Å². The molecule has 0 atom stereocenters. The van der Waals surface area contributed by atoms with E-state index in [9.17, 15) is 0 Å². The summed E-state index contributed by atoms with van der Waals surface area (Å²) < 4.78 is 0. The first-order valence-corrected chi connectivity index (χ1v) is 14.8. The molecule has 0 nitrogen and oxygen atoms in total. The largest absolute Gasteiger partial charge is 0.0579 e. The van der Waals surface area contributed by atoms with Crippen LogP contribution in [0.25, 0.3) is 54.6 Å².